The fourth-order valence-corrected chi connectivity index (χ4v) is 4.15. The molecule has 1 atom stereocenters. The topological polar surface area (TPSA) is 62.5 Å². The molecule has 2 aliphatic heterocycles. The summed E-state index contributed by atoms with van der Waals surface area (Å²) >= 11 is 0. The molecule has 3 heterocycles. The predicted octanol–water partition coefficient (Wildman–Crippen LogP) is 2.00. The Bertz CT molecular complexity index is 568. The van der Waals surface area contributed by atoms with E-state index in [2.05, 4.69) is 19.9 Å². The first-order valence-electron chi connectivity index (χ1n) is 8.51. The van der Waals surface area contributed by atoms with Crippen LogP contribution in [0.3, 0.4) is 0 Å². The Morgan fingerprint density at radius 2 is 2.14 bits per heavy atom. The lowest BCUT2D eigenvalue weighted by Crippen LogP contribution is -2.51. The van der Waals surface area contributed by atoms with E-state index in [4.69, 9.17) is 4.52 Å². The number of aromatic nitrogens is 2. The number of hydrogen-bond donors (Lipinski definition) is 0. The highest BCUT2D eigenvalue weighted by Crippen LogP contribution is 2.42. The van der Waals surface area contributed by atoms with Gasteiger partial charge in [0.15, 0.2) is 0 Å². The van der Waals surface area contributed by atoms with Gasteiger partial charge in [-0.15, -0.1) is 0 Å². The molecule has 1 aliphatic carbocycles. The van der Waals surface area contributed by atoms with Crippen LogP contribution in [0, 0.1) is 18.3 Å². The standard InChI is InChI=1S/C16H24N4O2/c1-12-17-15(18-22-12)20-9-7-16(11-20)6-3-8-19(14(16)21)10-13-4-2-5-13/h13H,2-11H2,1H3/t16-/m1/s1. The zero-order valence-corrected chi connectivity index (χ0v) is 13.3. The molecule has 22 heavy (non-hydrogen) atoms. The SMILES string of the molecule is Cc1nc(N2CC[C@]3(CCCN(CC4CCC4)C3=O)C2)no1. The van der Waals surface area contributed by atoms with E-state index >= 15 is 0 Å². The van der Waals surface area contributed by atoms with Crippen LogP contribution in [0.4, 0.5) is 5.95 Å². The molecule has 120 valence electrons. The molecule has 4 rings (SSSR count). The van der Waals surface area contributed by atoms with Crippen LogP contribution >= 0.6 is 0 Å². The summed E-state index contributed by atoms with van der Waals surface area (Å²) in [6.07, 6.45) is 6.97. The molecule has 6 heteroatoms. The van der Waals surface area contributed by atoms with Crippen LogP contribution < -0.4 is 4.90 Å². The van der Waals surface area contributed by atoms with Crippen LogP contribution in [-0.2, 0) is 4.79 Å². The van der Waals surface area contributed by atoms with E-state index in [-0.39, 0.29) is 5.41 Å². The number of carbonyl (C=O) groups excluding carboxylic acids is 1. The van der Waals surface area contributed by atoms with Gasteiger partial charge in [-0.25, -0.2) is 0 Å². The first-order valence-corrected chi connectivity index (χ1v) is 8.51. The molecule has 3 fully saturated rings. The smallest absolute Gasteiger partial charge is 0.266 e. The largest absolute Gasteiger partial charge is 0.342 e. The van der Waals surface area contributed by atoms with Gasteiger partial charge in [0.2, 0.25) is 11.8 Å². The second-order valence-electron chi connectivity index (χ2n) is 7.22. The lowest BCUT2D eigenvalue weighted by molar-refractivity contribution is -0.146. The Hall–Kier alpha value is -1.59. The van der Waals surface area contributed by atoms with E-state index in [1.54, 1.807) is 6.92 Å². The van der Waals surface area contributed by atoms with Crippen molar-refractivity contribution in [2.75, 3.05) is 31.1 Å². The van der Waals surface area contributed by atoms with Crippen molar-refractivity contribution in [3.63, 3.8) is 0 Å². The summed E-state index contributed by atoms with van der Waals surface area (Å²) in [6, 6.07) is 0. The molecule has 0 N–H and O–H groups in total. The molecule has 1 amide bonds. The third-order valence-corrected chi connectivity index (χ3v) is 5.68. The zero-order valence-electron chi connectivity index (χ0n) is 13.3. The summed E-state index contributed by atoms with van der Waals surface area (Å²) in [7, 11) is 0. The summed E-state index contributed by atoms with van der Waals surface area (Å²) in [4.78, 5) is 21.6. The van der Waals surface area contributed by atoms with E-state index < -0.39 is 0 Å². The van der Waals surface area contributed by atoms with Gasteiger partial charge in [0, 0.05) is 33.1 Å². The number of anilines is 1. The lowest BCUT2D eigenvalue weighted by Gasteiger charge is -2.42. The highest BCUT2D eigenvalue weighted by molar-refractivity contribution is 5.85. The van der Waals surface area contributed by atoms with Gasteiger partial charge in [-0.05, 0) is 43.2 Å². The van der Waals surface area contributed by atoms with Crippen molar-refractivity contribution in [2.24, 2.45) is 11.3 Å². The minimum Gasteiger partial charge on any atom is -0.342 e. The highest BCUT2D eigenvalue weighted by atomic mass is 16.5. The Labute approximate surface area is 130 Å². The van der Waals surface area contributed by atoms with Gasteiger partial charge in [0.05, 0.1) is 5.41 Å². The average Bonchev–Trinajstić information content (AvgIpc) is 3.06. The molecule has 0 radical (unpaired) electrons. The maximum absolute atomic E-state index is 13.0. The number of hydrogen-bond acceptors (Lipinski definition) is 5. The third-order valence-electron chi connectivity index (χ3n) is 5.68. The summed E-state index contributed by atoms with van der Waals surface area (Å²) in [6.45, 7) is 5.31. The number of rotatable bonds is 3. The summed E-state index contributed by atoms with van der Waals surface area (Å²) in [5.74, 6) is 2.33. The molecule has 0 aromatic carbocycles. The molecule has 1 spiro atoms. The monoisotopic (exact) mass is 304 g/mol. The number of amides is 1. The van der Waals surface area contributed by atoms with Crippen molar-refractivity contribution in [1.82, 2.24) is 15.0 Å². The second-order valence-corrected chi connectivity index (χ2v) is 7.22. The van der Waals surface area contributed by atoms with Gasteiger partial charge in [-0.1, -0.05) is 6.42 Å². The van der Waals surface area contributed by atoms with Crippen LogP contribution in [0.1, 0.15) is 44.4 Å². The van der Waals surface area contributed by atoms with E-state index in [0.717, 1.165) is 51.4 Å². The van der Waals surface area contributed by atoms with Crippen LogP contribution in [-0.4, -0.2) is 47.1 Å². The van der Waals surface area contributed by atoms with E-state index in [9.17, 15) is 4.79 Å². The van der Waals surface area contributed by atoms with Crippen LogP contribution in [0.25, 0.3) is 0 Å². The van der Waals surface area contributed by atoms with E-state index in [1.165, 1.54) is 19.3 Å². The van der Waals surface area contributed by atoms with Crippen molar-refractivity contribution in [1.29, 1.82) is 0 Å². The molecule has 1 aromatic rings. The molecule has 2 saturated heterocycles. The van der Waals surface area contributed by atoms with Crippen molar-refractivity contribution in [3.05, 3.63) is 5.89 Å². The van der Waals surface area contributed by atoms with Crippen LogP contribution in [0.2, 0.25) is 0 Å². The molecule has 6 nitrogen and oxygen atoms in total. The fraction of sp³-hybridized carbons (Fsp3) is 0.812. The van der Waals surface area contributed by atoms with E-state index in [0.29, 0.717) is 17.7 Å². The van der Waals surface area contributed by atoms with Gasteiger partial charge in [-0.2, -0.15) is 4.98 Å². The van der Waals surface area contributed by atoms with Crippen LogP contribution in [0.15, 0.2) is 4.52 Å². The van der Waals surface area contributed by atoms with Gasteiger partial charge in [0.25, 0.3) is 5.95 Å². The fourth-order valence-electron chi connectivity index (χ4n) is 4.15. The molecule has 1 aromatic heterocycles. The van der Waals surface area contributed by atoms with Gasteiger partial charge in [0.1, 0.15) is 0 Å². The Morgan fingerprint density at radius 1 is 1.27 bits per heavy atom. The van der Waals surface area contributed by atoms with Crippen molar-refractivity contribution >= 4 is 11.9 Å². The lowest BCUT2D eigenvalue weighted by atomic mass is 9.77. The maximum Gasteiger partial charge on any atom is 0.266 e. The third kappa shape index (κ3) is 2.29. The number of likely N-dealkylation sites (tertiary alicyclic amines) is 1. The van der Waals surface area contributed by atoms with Gasteiger partial charge < -0.3 is 14.3 Å². The first kappa shape index (κ1) is 14.0. The zero-order chi connectivity index (χ0) is 15.2. The summed E-state index contributed by atoms with van der Waals surface area (Å²) in [5.41, 5.74) is -0.212. The highest BCUT2D eigenvalue weighted by Gasteiger charge is 2.49. The van der Waals surface area contributed by atoms with Crippen molar-refractivity contribution < 1.29 is 9.32 Å². The number of nitrogens with zero attached hydrogens (tertiary/aromatic N) is 4. The molecular formula is C16H24N4O2. The number of carbonyl (C=O) groups is 1. The average molecular weight is 304 g/mol. The van der Waals surface area contributed by atoms with Crippen molar-refractivity contribution in [2.45, 2.75) is 45.4 Å². The normalized spacial score (nSPS) is 29.4. The molecule has 3 aliphatic rings. The summed E-state index contributed by atoms with van der Waals surface area (Å²) in [5, 5.41) is 4.01. The van der Waals surface area contributed by atoms with Gasteiger partial charge in [-0.3, -0.25) is 4.79 Å². The quantitative estimate of drug-likeness (QED) is 0.854. The maximum atomic E-state index is 13.0. The minimum atomic E-state index is -0.212. The minimum absolute atomic E-state index is 0.212. The molecule has 0 bridgehead atoms. The van der Waals surface area contributed by atoms with Crippen molar-refractivity contribution in [3.8, 4) is 0 Å². The molecule has 1 saturated carbocycles. The van der Waals surface area contributed by atoms with Gasteiger partial charge >= 0.3 is 0 Å². The molecule has 0 unspecified atom stereocenters. The molecular weight excluding hydrogens is 280 g/mol. The predicted molar refractivity (Wildman–Crippen MR) is 81.5 cm³/mol. The number of aryl methyl sites for hydroxylation is 1. The second kappa shape index (κ2) is 5.25. The number of piperidine rings is 1. The Kier molecular flexibility index (Phi) is 3.35. The van der Waals surface area contributed by atoms with E-state index in [1.807, 2.05) is 0 Å². The van der Waals surface area contributed by atoms with Crippen LogP contribution in [0.5, 0.6) is 0 Å². The summed E-state index contributed by atoms with van der Waals surface area (Å²) < 4.78 is 5.08. The first-order chi connectivity index (χ1) is 10.7. The Morgan fingerprint density at radius 3 is 2.82 bits per heavy atom. The Balaban J connectivity index is 1.47.